The van der Waals surface area contributed by atoms with Crippen molar-refractivity contribution >= 4 is 11.9 Å². The molecule has 0 spiro atoms. The van der Waals surface area contributed by atoms with Crippen LogP contribution in [0.2, 0.25) is 0 Å². The molecule has 0 aromatic rings. The van der Waals surface area contributed by atoms with Gasteiger partial charge in [-0.25, -0.2) is 9.59 Å². The second kappa shape index (κ2) is 11.0. The molecule has 1 fully saturated rings. The number of rotatable bonds is 8. The molecule has 1 rings (SSSR count). The highest BCUT2D eigenvalue weighted by Crippen LogP contribution is 2.18. The fraction of sp³-hybridized carbons (Fsp3) is 0.600. The second-order valence-electron chi connectivity index (χ2n) is 4.60. The van der Waals surface area contributed by atoms with Gasteiger partial charge in [-0.15, -0.1) is 0 Å². The molecule has 1 unspecified atom stereocenters. The van der Waals surface area contributed by atoms with Gasteiger partial charge in [0.2, 0.25) is 0 Å². The van der Waals surface area contributed by atoms with Crippen LogP contribution in [0.5, 0.6) is 0 Å². The summed E-state index contributed by atoms with van der Waals surface area (Å²) in [6, 6.07) is 0. The molecule has 1 N–H and O–H groups in total. The topological polar surface area (TPSA) is 85.4 Å². The van der Waals surface area contributed by atoms with Crippen LogP contribution in [-0.4, -0.2) is 50.1 Å². The van der Waals surface area contributed by atoms with Crippen LogP contribution in [0.3, 0.4) is 0 Å². The highest BCUT2D eigenvalue weighted by molar-refractivity contribution is 5.87. The standard InChI is InChI=1S/C8H14O3.C7H10O3/c1-7(2)8(10)11-6-4-3-5-9;1-5(7(8)9-2)3-6-4-10-6/h9H,1,3-6H2,2H3;6H,1,3-4H2,2H3. The van der Waals surface area contributed by atoms with E-state index in [-0.39, 0.29) is 24.6 Å². The number of epoxide rings is 1. The van der Waals surface area contributed by atoms with Crippen molar-refractivity contribution in [3.8, 4) is 0 Å². The average molecular weight is 300 g/mol. The van der Waals surface area contributed by atoms with Gasteiger partial charge in [0.05, 0.1) is 26.4 Å². The molecular weight excluding hydrogens is 276 g/mol. The van der Waals surface area contributed by atoms with Crippen LogP contribution >= 0.6 is 0 Å². The number of aliphatic hydroxyl groups excluding tert-OH is 1. The third-order valence-electron chi connectivity index (χ3n) is 2.48. The Hall–Kier alpha value is -1.66. The SMILES string of the molecule is C=C(C)C(=O)OCCCCO.C=C(CC1CO1)C(=O)OC. The van der Waals surface area contributed by atoms with Crippen molar-refractivity contribution in [2.45, 2.75) is 32.3 Å². The minimum atomic E-state index is -0.358. The summed E-state index contributed by atoms with van der Waals surface area (Å²) in [7, 11) is 1.35. The number of carbonyl (C=O) groups excluding carboxylic acids is 2. The van der Waals surface area contributed by atoms with Crippen LogP contribution in [0.4, 0.5) is 0 Å². The number of unbranched alkanes of at least 4 members (excludes halogenated alkanes) is 1. The summed E-state index contributed by atoms with van der Waals surface area (Å²) in [5.41, 5.74) is 0.902. The molecule has 0 aromatic heterocycles. The Morgan fingerprint density at radius 2 is 1.90 bits per heavy atom. The molecule has 1 saturated heterocycles. The van der Waals surface area contributed by atoms with E-state index in [1.807, 2.05) is 0 Å². The van der Waals surface area contributed by atoms with Gasteiger partial charge in [-0.3, -0.25) is 0 Å². The third kappa shape index (κ3) is 10.8. The Balaban J connectivity index is 0.000000382. The summed E-state index contributed by atoms with van der Waals surface area (Å²) in [6.07, 6.45) is 2.19. The summed E-state index contributed by atoms with van der Waals surface area (Å²) in [4.78, 5) is 21.4. The molecule has 6 nitrogen and oxygen atoms in total. The minimum absolute atomic E-state index is 0.143. The molecule has 0 aliphatic carbocycles. The van der Waals surface area contributed by atoms with Crippen molar-refractivity contribution in [1.29, 1.82) is 0 Å². The lowest BCUT2D eigenvalue weighted by Crippen LogP contribution is -2.06. The maximum Gasteiger partial charge on any atom is 0.333 e. The van der Waals surface area contributed by atoms with Gasteiger partial charge >= 0.3 is 11.9 Å². The maximum absolute atomic E-state index is 10.7. The fourth-order valence-corrected chi connectivity index (χ4v) is 1.19. The van der Waals surface area contributed by atoms with E-state index in [0.717, 1.165) is 6.61 Å². The molecular formula is C15H24O6. The Morgan fingerprint density at radius 3 is 2.33 bits per heavy atom. The first-order valence-electron chi connectivity index (χ1n) is 6.73. The molecule has 0 saturated carbocycles. The number of methoxy groups -OCH3 is 1. The molecule has 1 aliphatic rings. The van der Waals surface area contributed by atoms with Crippen molar-refractivity contribution in [1.82, 2.24) is 0 Å². The fourth-order valence-electron chi connectivity index (χ4n) is 1.19. The maximum atomic E-state index is 10.7. The first kappa shape index (κ1) is 19.3. The monoisotopic (exact) mass is 300 g/mol. The van der Waals surface area contributed by atoms with Crippen LogP contribution in [0.15, 0.2) is 24.3 Å². The zero-order chi connectivity index (χ0) is 16.3. The third-order valence-corrected chi connectivity index (χ3v) is 2.48. The molecule has 1 atom stereocenters. The van der Waals surface area contributed by atoms with Gasteiger partial charge in [0.1, 0.15) is 0 Å². The first-order valence-corrected chi connectivity index (χ1v) is 6.73. The number of ether oxygens (including phenoxy) is 3. The van der Waals surface area contributed by atoms with E-state index in [4.69, 9.17) is 14.6 Å². The quantitative estimate of drug-likeness (QED) is 0.315. The Kier molecular flexibility index (Phi) is 10.2. The predicted molar refractivity (Wildman–Crippen MR) is 77.6 cm³/mol. The largest absolute Gasteiger partial charge is 0.466 e. The van der Waals surface area contributed by atoms with E-state index in [1.165, 1.54) is 7.11 Å². The van der Waals surface area contributed by atoms with E-state index in [1.54, 1.807) is 6.92 Å². The van der Waals surface area contributed by atoms with Crippen molar-refractivity contribution in [3.05, 3.63) is 24.3 Å². The van der Waals surface area contributed by atoms with Gasteiger partial charge in [0, 0.05) is 24.2 Å². The molecule has 0 bridgehead atoms. The van der Waals surface area contributed by atoms with Gasteiger partial charge in [-0.2, -0.15) is 0 Å². The zero-order valence-corrected chi connectivity index (χ0v) is 12.7. The average Bonchev–Trinajstić information content (AvgIpc) is 3.26. The van der Waals surface area contributed by atoms with E-state index in [9.17, 15) is 9.59 Å². The second-order valence-corrected chi connectivity index (χ2v) is 4.60. The number of hydrogen-bond donors (Lipinski definition) is 1. The lowest BCUT2D eigenvalue weighted by atomic mass is 10.2. The Morgan fingerprint density at radius 1 is 1.29 bits per heavy atom. The van der Waals surface area contributed by atoms with E-state index in [2.05, 4.69) is 17.9 Å². The molecule has 1 aliphatic heterocycles. The van der Waals surface area contributed by atoms with Crippen LogP contribution in [0, 0.1) is 0 Å². The van der Waals surface area contributed by atoms with Crippen molar-refractivity contribution < 1.29 is 28.9 Å². The lowest BCUT2D eigenvalue weighted by Gasteiger charge is -2.01. The van der Waals surface area contributed by atoms with Crippen LogP contribution in [-0.2, 0) is 23.8 Å². The molecule has 1 heterocycles. The highest BCUT2D eigenvalue weighted by atomic mass is 16.6. The summed E-state index contributed by atoms with van der Waals surface area (Å²) in [6.45, 7) is 9.84. The van der Waals surface area contributed by atoms with Gasteiger partial charge in [0.15, 0.2) is 0 Å². The first-order chi connectivity index (χ1) is 9.92. The Bertz CT molecular complexity index is 370. The summed E-state index contributed by atoms with van der Waals surface area (Å²) in [5, 5.41) is 8.38. The minimum Gasteiger partial charge on any atom is -0.466 e. The van der Waals surface area contributed by atoms with Gasteiger partial charge < -0.3 is 19.3 Å². The molecule has 0 radical (unpaired) electrons. The molecule has 0 amide bonds. The number of hydrogen-bond acceptors (Lipinski definition) is 6. The van der Waals surface area contributed by atoms with Crippen molar-refractivity contribution in [2.24, 2.45) is 0 Å². The van der Waals surface area contributed by atoms with E-state index in [0.29, 0.717) is 37.0 Å². The summed E-state index contributed by atoms with van der Waals surface area (Å²) >= 11 is 0. The molecule has 6 heteroatoms. The van der Waals surface area contributed by atoms with Crippen LogP contribution in [0.1, 0.15) is 26.2 Å². The molecule has 0 aromatic carbocycles. The highest BCUT2D eigenvalue weighted by Gasteiger charge is 2.25. The number of carbonyl (C=O) groups is 2. The zero-order valence-electron chi connectivity index (χ0n) is 12.7. The molecule has 21 heavy (non-hydrogen) atoms. The number of aliphatic hydroxyl groups is 1. The van der Waals surface area contributed by atoms with Crippen LogP contribution in [0.25, 0.3) is 0 Å². The summed E-state index contributed by atoms with van der Waals surface area (Å²) < 4.78 is 14.1. The van der Waals surface area contributed by atoms with Gasteiger partial charge in [-0.1, -0.05) is 13.2 Å². The smallest absolute Gasteiger partial charge is 0.333 e. The van der Waals surface area contributed by atoms with Crippen molar-refractivity contribution in [2.75, 3.05) is 26.9 Å². The predicted octanol–water partition coefficient (Wildman–Crippen LogP) is 1.38. The normalized spacial score (nSPS) is 15.3. The van der Waals surface area contributed by atoms with Crippen LogP contribution < -0.4 is 0 Å². The summed E-state index contributed by atoms with van der Waals surface area (Å²) in [5.74, 6) is -0.696. The number of esters is 2. The van der Waals surface area contributed by atoms with E-state index < -0.39 is 0 Å². The van der Waals surface area contributed by atoms with Crippen molar-refractivity contribution in [3.63, 3.8) is 0 Å². The molecule has 120 valence electrons. The van der Waals surface area contributed by atoms with E-state index >= 15 is 0 Å². The lowest BCUT2D eigenvalue weighted by molar-refractivity contribution is -0.139. The van der Waals surface area contributed by atoms with Gasteiger partial charge in [0.25, 0.3) is 0 Å². The Labute approximate surface area is 125 Å². The van der Waals surface area contributed by atoms with Gasteiger partial charge in [-0.05, 0) is 19.8 Å².